The molecule has 0 bridgehead atoms. The molecule has 0 amide bonds. The van der Waals surface area contributed by atoms with Gasteiger partial charge in [0.1, 0.15) is 0 Å². The highest BCUT2D eigenvalue weighted by Crippen LogP contribution is 2.28. The van der Waals surface area contributed by atoms with Gasteiger partial charge < -0.3 is 5.73 Å². The number of fused-ring (bicyclic) bond motifs is 1. The van der Waals surface area contributed by atoms with E-state index < -0.39 is 9.84 Å². The lowest BCUT2D eigenvalue weighted by Gasteiger charge is -2.10. The van der Waals surface area contributed by atoms with E-state index in [0.717, 1.165) is 12.0 Å². The Morgan fingerprint density at radius 1 is 1.29 bits per heavy atom. The van der Waals surface area contributed by atoms with E-state index in [4.69, 9.17) is 5.73 Å². The molecular weight excluding hydrogens is 198 g/mol. The minimum atomic E-state index is -3.09. The van der Waals surface area contributed by atoms with Crippen molar-refractivity contribution in [2.75, 3.05) is 5.75 Å². The Balaban J connectivity index is 2.65. The molecule has 0 saturated heterocycles. The number of benzene rings is 1. The van der Waals surface area contributed by atoms with Crippen LogP contribution in [0.2, 0.25) is 0 Å². The first kappa shape index (κ1) is 9.68. The summed E-state index contributed by atoms with van der Waals surface area (Å²) < 4.78 is 23.6. The molecule has 0 unspecified atom stereocenters. The van der Waals surface area contributed by atoms with Crippen LogP contribution in [0.5, 0.6) is 0 Å². The third kappa shape index (κ3) is 1.55. The van der Waals surface area contributed by atoms with E-state index in [1.807, 2.05) is 12.1 Å². The van der Waals surface area contributed by atoms with Gasteiger partial charge in [0.05, 0.1) is 10.6 Å². The zero-order valence-corrected chi connectivity index (χ0v) is 8.63. The van der Waals surface area contributed by atoms with E-state index in [1.54, 1.807) is 12.1 Å². The van der Waals surface area contributed by atoms with Gasteiger partial charge in [-0.05, 0) is 24.5 Å². The van der Waals surface area contributed by atoms with Crippen LogP contribution in [0, 0.1) is 0 Å². The Labute approximate surface area is 83.9 Å². The predicted octanol–water partition coefficient (Wildman–Crippen LogP) is 1.25. The highest BCUT2D eigenvalue weighted by molar-refractivity contribution is 7.91. The van der Waals surface area contributed by atoms with Crippen LogP contribution in [0.15, 0.2) is 29.2 Å². The van der Waals surface area contributed by atoms with Gasteiger partial charge in [0.15, 0.2) is 9.84 Å². The molecule has 76 valence electrons. The molecule has 2 N–H and O–H groups in total. The molecule has 3 nitrogen and oxygen atoms in total. The van der Waals surface area contributed by atoms with Crippen LogP contribution in [0.25, 0.3) is 0 Å². The molecule has 14 heavy (non-hydrogen) atoms. The fourth-order valence-corrected chi connectivity index (χ4v) is 3.46. The summed E-state index contributed by atoms with van der Waals surface area (Å²) >= 11 is 0. The van der Waals surface area contributed by atoms with E-state index in [1.165, 1.54) is 0 Å². The Morgan fingerprint density at radius 2 is 2.00 bits per heavy atom. The molecule has 4 heteroatoms. The lowest BCUT2D eigenvalue weighted by molar-refractivity contribution is 0.594. The van der Waals surface area contributed by atoms with E-state index in [9.17, 15) is 8.42 Å². The first-order valence-electron chi connectivity index (χ1n) is 4.68. The smallest absolute Gasteiger partial charge is 0.178 e. The van der Waals surface area contributed by atoms with Crippen molar-refractivity contribution in [2.24, 2.45) is 5.73 Å². The monoisotopic (exact) mass is 211 g/mol. The summed E-state index contributed by atoms with van der Waals surface area (Å²) in [4.78, 5) is 0.421. The average molecular weight is 211 g/mol. The summed E-state index contributed by atoms with van der Waals surface area (Å²) in [5.74, 6) is 0.220. The van der Waals surface area contributed by atoms with Gasteiger partial charge in [-0.3, -0.25) is 0 Å². The van der Waals surface area contributed by atoms with Crippen molar-refractivity contribution in [3.8, 4) is 0 Å². The second-order valence-electron chi connectivity index (χ2n) is 3.61. The Bertz CT molecular complexity index is 439. The topological polar surface area (TPSA) is 60.2 Å². The van der Waals surface area contributed by atoms with Crippen molar-refractivity contribution in [1.29, 1.82) is 0 Å². The van der Waals surface area contributed by atoms with Crippen LogP contribution >= 0.6 is 0 Å². The van der Waals surface area contributed by atoms with Crippen molar-refractivity contribution in [3.05, 3.63) is 29.8 Å². The third-order valence-corrected chi connectivity index (χ3v) is 4.45. The molecule has 0 aliphatic carbocycles. The van der Waals surface area contributed by atoms with E-state index >= 15 is 0 Å². The first-order valence-corrected chi connectivity index (χ1v) is 6.34. The summed E-state index contributed by atoms with van der Waals surface area (Å²) in [6.07, 6.45) is 1.40. The standard InChI is InChI=1S/C10H13NO2S/c11-9-5-3-7-14(12,13)10-6-2-1-4-8(9)10/h1-2,4,6,9H,3,5,7,11H2/t9-/m1/s1. The number of sulfone groups is 1. The maximum absolute atomic E-state index is 11.8. The molecule has 0 radical (unpaired) electrons. The number of hydrogen-bond donors (Lipinski definition) is 1. The van der Waals surface area contributed by atoms with Gasteiger partial charge in [0.25, 0.3) is 0 Å². The van der Waals surface area contributed by atoms with Gasteiger partial charge >= 0.3 is 0 Å². The quantitative estimate of drug-likeness (QED) is 0.702. The number of rotatable bonds is 0. The lowest BCUT2D eigenvalue weighted by atomic mass is 10.0. The molecule has 0 fully saturated rings. The van der Waals surface area contributed by atoms with Crippen LogP contribution in [0.1, 0.15) is 24.4 Å². The molecular formula is C10H13NO2S. The minimum Gasteiger partial charge on any atom is -0.324 e. The molecule has 1 aliphatic heterocycles. The molecule has 0 saturated carbocycles. The molecule has 1 aliphatic rings. The van der Waals surface area contributed by atoms with Gasteiger partial charge in [-0.15, -0.1) is 0 Å². The number of hydrogen-bond acceptors (Lipinski definition) is 3. The second-order valence-corrected chi connectivity index (χ2v) is 5.68. The van der Waals surface area contributed by atoms with Crippen LogP contribution in [-0.2, 0) is 9.84 Å². The van der Waals surface area contributed by atoms with E-state index in [0.29, 0.717) is 11.3 Å². The number of nitrogens with two attached hydrogens (primary N) is 1. The predicted molar refractivity (Wildman–Crippen MR) is 54.7 cm³/mol. The van der Waals surface area contributed by atoms with Gasteiger partial charge in [-0.25, -0.2) is 8.42 Å². The normalized spacial score (nSPS) is 25.1. The fraction of sp³-hybridized carbons (Fsp3) is 0.400. The molecule has 2 rings (SSSR count). The van der Waals surface area contributed by atoms with Crippen LogP contribution in [0.4, 0.5) is 0 Å². The highest BCUT2D eigenvalue weighted by Gasteiger charge is 2.24. The van der Waals surface area contributed by atoms with Crippen molar-refractivity contribution in [2.45, 2.75) is 23.8 Å². The SMILES string of the molecule is N[C@@H]1CCCS(=O)(=O)c2ccccc21. The summed E-state index contributed by atoms with van der Waals surface area (Å²) in [6, 6.07) is 6.90. The molecule has 0 aromatic heterocycles. The fourth-order valence-electron chi connectivity index (χ4n) is 1.83. The Hall–Kier alpha value is -0.870. The maximum Gasteiger partial charge on any atom is 0.178 e. The largest absolute Gasteiger partial charge is 0.324 e. The van der Waals surface area contributed by atoms with E-state index in [-0.39, 0.29) is 11.8 Å². The summed E-state index contributed by atoms with van der Waals surface area (Å²) in [6.45, 7) is 0. The summed E-state index contributed by atoms with van der Waals surface area (Å²) in [7, 11) is -3.09. The first-order chi connectivity index (χ1) is 6.61. The minimum absolute atomic E-state index is 0.136. The van der Waals surface area contributed by atoms with Crippen LogP contribution in [0.3, 0.4) is 0 Å². The zero-order valence-electron chi connectivity index (χ0n) is 7.81. The second kappa shape index (κ2) is 3.37. The molecule has 1 aromatic rings. The third-order valence-electron chi connectivity index (χ3n) is 2.58. The Morgan fingerprint density at radius 3 is 2.79 bits per heavy atom. The van der Waals surface area contributed by atoms with Crippen LogP contribution < -0.4 is 5.73 Å². The zero-order chi connectivity index (χ0) is 10.2. The van der Waals surface area contributed by atoms with Crippen molar-refractivity contribution < 1.29 is 8.42 Å². The average Bonchev–Trinajstić information content (AvgIpc) is 2.27. The summed E-state index contributed by atoms with van der Waals surface area (Å²) in [5.41, 5.74) is 6.67. The van der Waals surface area contributed by atoms with E-state index in [2.05, 4.69) is 0 Å². The van der Waals surface area contributed by atoms with Gasteiger partial charge in [0.2, 0.25) is 0 Å². The molecule has 1 aromatic carbocycles. The lowest BCUT2D eigenvalue weighted by Crippen LogP contribution is -2.11. The molecule has 1 atom stereocenters. The summed E-state index contributed by atoms with van der Waals surface area (Å²) in [5, 5.41) is 0. The van der Waals surface area contributed by atoms with Gasteiger partial charge in [-0.2, -0.15) is 0 Å². The maximum atomic E-state index is 11.8. The van der Waals surface area contributed by atoms with Crippen molar-refractivity contribution in [3.63, 3.8) is 0 Å². The van der Waals surface area contributed by atoms with Gasteiger partial charge in [0, 0.05) is 6.04 Å². The highest BCUT2D eigenvalue weighted by atomic mass is 32.2. The molecule has 1 heterocycles. The van der Waals surface area contributed by atoms with Crippen LogP contribution in [-0.4, -0.2) is 14.2 Å². The molecule has 0 spiro atoms. The van der Waals surface area contributed by atoms with Crippen molar-refractivity contribution in [1.82, 2.24) is 0 Å². The van der Waals surface area contributed by atoms with Gasteiger partial charge in [-0.1, -0.05) is 18.2 Å². The van der Waals surface area contributed by atoms with Crippen molar-refractivity contribution >= 4 is 9.84 Å². The Kier molecular flexibility index (Phi) is 2.33.